The van der Waals surface area contributed by atoms with E-state index < -0.39 is 30.3 Å². The van der Waals surface area contributed by atoms with Crippen LogP contribution in [0, 0.1) is 0 Å². The molecule has 0 aromatic heterocycles. The first-order valence-corrected chi connectivity index (χ1v) is 15.4. The summed E-state index contributed by atoms with van der Waals surface area (Å²) in [4.78, 5) is 0. The van der Waals surface area contributed by atoms with Crippen LogP contribution in [0.5, 0.6) is 51.7 Å². The summed E-state index contributed by atoms with van der Waals surface area (Å²) in [5, 5.41) is 23.8. The number of hydrogen-bond acceptors (Lipinski definition) is 11. The number of aliphatic hydroxyl groups is 2. The van der Waals surface area contributed by atoms with E-state index in [1.807, 2.05) is 24.3 Å². The normalized spacial score (nSPS) is 21.1. The average Bonchev–Trinajstić information content (AvgIpc) is 3.13. The van der Waals surface area contributed by atoms with E-state index in [2.05, 4.69) is 0 Å². The molecule has 0 saturated carbocycles. The molecular formula is C37H40O11. The van der Waals surface area contributed by atoms with E-state index in [1.165, 1.54) is 0 Å². The van der Waals surface area contributed by atoms with Crippen molar-refractivity contribution in [3.05, 3.63) is 88.5 Å². The SMILES string of the molecule is COc1ccc2c(c1)O[C@H](c1ccc(OC)c(OC)c1)[C@@H](O)[C@H]2c1c(OC)cc(OC)c2c1O[C@H](c1ccc(OC)c(OC)c1)[C@@H](O)C2. The minimum absolute atomic E-state index is 0.211. The molecule has 5 atom stereocenters. The first-order valence-electron chi connectivity index (χ1n) is 15.4. The summed E-state index contributed by atoms with van der Waals surface area (Å²) in [7, 11) is 10.9. The molecule has 0 aliphatic carbocycles. The minimum atomic E-state index is -1.13. The van der Waals surface area contributed by atoms with Gasteiger partial charge in [0.2, 0.25) is 0 Å². The van der Waals surface area contributed by atoms with Crippen LogP contribution in [0.2, 0.25) is 0 Å². The molecule has 48 heavy (non-hydrogen) atoms. The van der Waals surface area contributed by atoms with Gasteiger partial charge >= 0.3 is 0 Å². The Morgan fingerprint density at radius 1 is 0.562 bits per heavy atom. The second-order valence-electron chi connectivity index (χ2n) is 11.5. The average molecular weight is 661 g/mol. The van der Waals surface area contributed by atoms with Gasteiger partial charge in [0.25, 0.3) is 0 Å². The molecule has 0 amide bonds. The third kappa shape index (κ3) is 5.62. The molecule has 4 aromatic rings. The van der Waals surface area contributed by atoms with Gasteiger partial charge in [-0.3, -0.25) is 0 Å². The van der Waals surface area contributed by atoms with Crippen molar-refractivity contribution in [3.63, 3.8) is 0 Å². The smallest absolute Gasteiger partial charge is 0.161 e. The van der Waals surface area contributed by atoms with Crippen molar-refractivity contribution in [2.45, 2.75) is 36.8 Å². The Morgan fingerprint density at radius 3 is 1.71 bits per heavy atom. The third-order valence-corrected chi connectivity index (χ3v) is 9.04. The number of rotatable bonds is 10. The maximum Gasteiger partial charge on any atom is 0.161 e. The van der Waals surface area contributed by atoms with Crippen LogP contribution in [-0.2, 0) is 6.42 Å². The Balaban J connectivity index is 1.55. The zero-order chi connectivity index (χ0) is 34.1. The van der Waals surface area contributed by atoms with Gasteiger partial charge in [-0.2, -0.15) is 0 Å². The van der Waals surface area contributed by atoms with Crippen LogP contribution in [0.3, 0.4) is 0 Å². The molecule has 2 aliphatic rings. The molecule has 11 nitrogen and oxygen atoms in total. The van der Waals surface area contributed by atoms with Gasteiger partial charge in [-0.25, -0.2) is 0 Å². The zero-order valence-corrected chi connectivity index (χ0v) is 27.9. The van der Waals surface area contributed by atoms with E-state index in [0.29, 0.717) is 79.6 Å². The Morgan fingerprint density at radius 2 is 1.15 bits per heavy atom. The highest BCUT2D eigenvalue weighted by molar-refractivity contribution is 5.64. The van der Waals surface area contributed by atoms with Crippen molar-refractivity contribution in [1.82, 2.24) is 0 Å². The molecule has 2 heterocycles. The lowest BCUT2D eigenvalue weighted by Gasteiger charge is -2.40. The monoisotopic (exact) mass is 660 g/mol. The molecule has 0 radical (unpaired) electrons. The number of ether oxygens (including phenoxy) is 9. The maximum atomic E-state index is 12.4. The highest BCUT2D eigenvalue weighted by atomic mass is 16.5. The van der Waals surface area contributed by atoms with Gasteiger partial charge in [0, 0.05) is 41.2 Å². The Labute approximate surface area is 279 Å². The van der Waals surface area contributed by atoms with Gasteiger partial charge in [-0.05, 0) is 41.5 Å². The van der Waals surface area contributed by atoms with Crippen LogP contribution >= 0.6 is 0 Å². The third-order valence-electron chi connectivity index (χ3n) is 9.04. The van der Waals surface area contributed by atoms with Gasteiger partial charge in [-0.15, -0.1) is 0 Å². The van der Waals surface area contributed by atoms with Gasteiger partial charge in [-0.1, -0.05) is 18.2 Å². The van der Waals surface area contributed by atoms with E-state index in [9.17, 15) is 10.2 Å². The summed E-state index contributed by atoms with van der Waals surface area (Å²) in [5.41, 5.74) is 3.27. The van der Waals surface area contributed by atoms with Gasteiger partial charge in [0.15, 0.2) is 29.1 Å². The van der Waals surface area contributed by atoms with Crippen LogP contribution < -0.4 is 42.6 Å². The molecule has 0 bridgehead atoms. The molecule has 11 heteroatoms. The van der Waals surface area contributed by atoms with E-state index in [4.69, 9.17) is 42.6 Å². The van der Waals surface area contributed by atoms with Crippen molar-refractivity contribution in [2.24, 2.45) is 0 Å². The van der Waals surface area contributed by atoms with Crippen molar-refractivity contribution >= 4 is 0 Å². The summed E-state index contributed by atoms with van der Waals surface area (Å²) >= 11 is 0. The van der Waals surface area contributed by atoms with E-state index in [-0.39, 0.29) is 6.42 Å². The fourth-order valence-electron chi connectivity index (χ4n) is 6.67. The maximum absolute atomic E-state index is 12.4. The van der Waals surface area contributed by atoms with Crippen molar-refractivity contribution in [2.75, 3.05) is 49.8 Å². The molecule has 0 saturated heterocycles. The summed E-state index contributed by atoms with van der Waals surface area (Å²) in [5.74, 6) is 3.85. The number of benzene rings is 4. The van der Waals surface area contributed by atoms with E-state index >= 15 is 0 Å². The molecule has 2 N–H and O–H groups in total. The molecule has 6 rings (SSSR count). The molecule has 0 fully saturated rings. The molecule has 0 unspecified atom stereocenters. The van der Waals surface area contributed by atoms with Crippen molar-refractivity contribution in [1.29, 1.82) is 0 Å². The Kier molecular flexibility index (Phi) is 9.34. The van der Waals surface area contributed by atoms with E-state index in [1.54, 1.807) is 86.2 Å². The second-order valence-corrected chi connectivity index (χ2v) is 11.5. The lowest BCUT2D eigenvalue weighted by Crippen LogP contribution is -2.37. The van der Waals surface area contributed by atoms with Gasteiger partial charge in [0.1, 0.15) is 41.0 Å². The minimum Gasteiger partial charge on any atom is -0.497 e. The van der Waals surface area contributed by atoms with Crippen LogP contribution in [-0.4, -0.2) is 72.2 Å². The van der Waals surface area contributed by atoms with Crippen LogP contribution in [0.15, 0.2) is 60.7 Å². The number of methoxy groups -OCH3 is 7. The van der Waals surface area contributed by atoms with Gasteiger partial charge < -0.3 is 52.8 Å². The highest BCUT2D eigenvalue weighted by Gasteiger charge is 2.45. The number of fused-ring (bicyclic) bond motifs is 2. The first-order chi connectivity index (χ1) is 23.3. The first kappa shape index (κ1) is 32.9. The van der Waals surface area contributed by atoms with Crippen LogP contribution in [0.25, 0.3) is 0 Å². The van der Waals surface area contributed by atoms with Crippen molar-refractivity contribution < 1.29 is 52.8 Å². The lowest BCUT2D eigenvalue weighted by atomic mass is 9.77. The predicted octanol–water partition coefficient (Wildman–Crippen LogP) is 5.41. The summed E-state index contributed by atoms with van der Waals surface area (Å²) in [6.07, 6.45) is -3.48. The topological polar surface area (TPSA) is 124 Å². The lowest BCUT2D eigenvalue weighted by molar-refractivity contribution is 0.00185. The van der Waals surface area contributed by atoms with Gasteiger partial charge in [0.05, 0.1) is 55.9 Å². The zero-order valence-electron chi connectivity index (χ0n) is 27.9. The number of hydrogen-bond donors (Lipinski definition) is 2. The molecular weight excluding hydrogens is 620 g/mol. The molecule has 0 spiro atoms. The van der Waals surface area contributed by atoms with Crippen molar-refractivity contribution in [3.8, 4) is 51.7 Å². The summed E-state index contributed by atoms with van der Waals surface area (Å²) in [6.45, 7) is 0. The standard InChI is InChI=1S/C37H40O11/c1-40-21-10-11-22-28(16-21)47-36(20-9-13-26(42-3)30(15-20)45-6)34(39)32(22)33-31(46-7)18-27(43-4)23-17-24(38)35(48-37(23)33)19-8-12-25(41-2)29(14-19)44-5/h8-16,18,24,32,34-36,38-39H,17H2,1-7H3/t24-,32+,34-,35+,36+/m0/s1. The summed E-state index contributed by atoms with van der Waals surface area (Å²) in [6, 6.07) is 18.0. The second kappa shape index (κ2) is 13.6. The number of aliphatic hydroxyl groups excluding tert-OH is 2. The summed E-state index contributed by atoms with van der Waals surface area (Å²) < 4.78 is 52.6. The van der Waals surface area contributed by atoms with Crippen LogP contribution in [0.4, 0.5) is 0 Å². The molecule has 2 aliphatic heterocycles. The Hall–Kier alpha value is -5.00. The fraction of sp³-hybridized carbons (Fsp3) is 0.351. The molecule has 4 aromatic carbocycles. The molecule has 254 valence electrons. The van der Waals surface area contributed by atoms with Crippen LogP contribution in [0.1, 0.15) is 45.9 Å². The van der Waals surface area contributed by atoms with E-state index in [0.717, 1.165) is 0 Å². The quantitative estimate of drug-likeness (QED) is 0.227. The fourth-order valence-corrected chi connectivity index (χ4v) is 6.67. The largest absolute Gasteiger partial charge is 0.497 e. The Bertz CT molecular complexity index is 1790. The highest BCUT2D eigenvalue weighted by Crippen LogP contribution is 2.56. The predicted molar refractivity (Wildman–Crippen MR) is 176 cm³/mol.